The molecule has 2 saturated heterocycles. The third-order valence-corrected chi connectivity index (χ3v) is 20.3. The first-order valence-corrected chi connectivity index (χ1v) is 33.2. The summed E-state index contributed by atoms with van der Waals surface area (Å²) in [4.78, 5) is 65.4. The zero-order chi connectivity index (χ0) is 70.1. The van der Waals surface area contributed by atoms with Gasteiger partial charge in [0.25, 0.3) is 10.1 Å². The molecule has 0 radical (unpaired) electrons. The largest absolute Gasteiger partial charge is 1.00 e. The third-order valence-electron chi connectivity index (χ3n) is 16.4. The molecule has 512 valence electrons. The van der Waals surface area contributed by atoms with Gasteiger partial charge in [0.2, 0.25) is 29.5 Å². The first-order chi connectivity index (χ1) is 44.2. The predicted octanol–water partition coefficient (Wildman–Crippen LogP) is 6.07. The molecule has 3 aromatic carbocycles. The van der Waals surface area contributed by atoms with E-state index in [-0.39, 0.29) is 89.0 Å². The summed E-state index contributed by atoms with van der Waals surface area (Å²) in [5.41, 5.74) is 0.534. The van der Waals surface area contributed by atoms with Gasteiger partial charge in [0.05, 0.1) is 41.1 Å². The van der Waals surface area contributed by atoms with Crippen molar-refractivity contribution in [3.05, 3.63) is 103 Å². The van der Waals surface area contributed by atoms with E-state index in [1.807, 2.05) is 44.4 Å². The zero-order valence-electron chi connectivity index (χ0n) is 53.3. The summed E-state index contributed by atoms with van der Waals surface area (Å²) >= 11 is 2.44. The molecule has 4 aliphatic carbocycles. The molecule has 33 heteroatoms. The fourth-order valence-electron chi connectivity index (χ4n) is 10.6. The number of nitrogens with two attached hydrogens (primary N) is 1. The molecule has 4 saturated carbocycles. The molecule has 2 aromatic heterocycles. The number of thioether (sulfide) groups is 2. The molecule has 4 N–H and O–H groups in total. The van der Waals surface area contributed by atoms with Crippen LogP contribution < -0.4 is 51.0 Å². The number of carbonyl (C=O) groups excluding carboxylic acids is 5. The van der Waals surface area contributed by atoms with Gasteiger partial charge >= 0.3 is 48.1 Å². The normalized spacial score (nSPS) is 20.7. The van der Waals surface area contributed by atoms with Crippen LogP contribution in [0.2, 0.25) is 0 Å². The maximum absolute atomic E-state index is 13.7. The van der Waals surface area contributed by atoms with Crippen molar-refractivity contribution >= 4 is 63.2 Å². The molecular formula is C63H69F9N11NaO9S3. The van der Waals surface area contributed by atoms with E-state index in [0.29, 0.717) is 36.8 Å². The van der Waals surface area contributed by atoms with Gasteiger partial charge in [0, 0.05) is 84.3 Å². The standard InChI is InChI=1S/C25H26F3N5O2S.C20H20F3N3O5S.C14H14F3N3OS.C4H9O.Na/c1-15-9-16(17-11-30-32(2)12-17)3-4-20(15)36-18-10-19(21(34)31-23(14-29)5-6-23)33(13-18)22(35)24(7-8-24)25(26,27)28;21-20(22,23)19(8-9-19)17(28)26-11-13(31-32(29,30)14-4-2-1-3-5-14)10-15(26)16(27)25-18(12-24)6-7-18;1-20-8-10(7-19-20)9-2-3-12(22-5-4-13(18)21)11(6-9)14(15,16)17;1-4(2,3)5;/h3-4,9,11-12,18-19H,5-8,10,13H2,1-2H3,(H,31,34);1-5,13,15H,6-11H2,(H,25,27);2-3,6-8H,4-5H2,1H3,(H2,18,21);1-3H3;/q;;;-1;+1/t18-,19+;13-,15-;;;/m10.../s1. The number of rotatable bonds is 17. The Hall–Kier alpha value is -6.65. The van der Waals surface area contributed by atoms with E-state index in [1.165, 1.54) is 53.0 Å². The molecule has 5 amide bonds. The SMILES string of the molecule is CC(C)(C)[O-].Cc1cc(-c2cnn(C)c2)ccc1S[C@@H]1C[C@@H](C(=O)NC2(C#N)CC2)N(C(=O)C2(C(F)(F)F)CC2)C1.Cn1cc(-c2ccc(SCCC(N)=O)c(C(F)(F)F)c2)cn1.N#CC1(NC(=O)[C@@H]2C[C@H](OS(=O)(=O)c3ccccc3)CN2C(=O)C2(C(F)(F)F)CC2)CC1.[Na+]. The Bertz CT molecular complexity index is 3880. The van der Waals surface area contributed by atoms with Crippen LogP contribution in [0.3, 0.4) is 0 Å². The monoisotopic (exact) mass is 1410 g/mol. The second kappa shape index (κ2) is 29.4. The van der Waals surface area contributed by atoms with E-state index in [1.54, 1.807) is 57.0 Å². The van der Waals surface area contributed by atoms with Gasteiger partial charge in [-0.25, -0.2) is 0 Å². The smallest absolute Gasteiger partial charge is 0.850 e. The molecule has 4 heterocycles. The summed E-state index contributed by atoms with van der Waals surface area (Å²) in [6.07, 6.45) is -7.82. The van der Waals surface area contributed by atoms with Crippen LogP contribution in [0.25, 0.3) is 22.3 Å². The van der Waals surface area contributed by atoms with Crippen molar-refractivity contribution < 1.29 is 111 Å². The van der Waals surface area contributed by atoms with Crippen LogP contribution in [0.15, 0.2) is 106 Å². The molecule has 96 heavy (non-hydrogen) atoms. The first-order valence-electron chi connectivity index (χ1n) is 30.0. The number of halogens is 9. The van der Waals surface area contributed by atoms with Crippen molar-refractivity contribution in [2.75, 3.05) is 18.8 Å². The zero-order valence-corrected chi connectivity index (χ0v) is 57.8. The summed E-state index contributed by atoms with van der Waals surface area (Å²) in [5.74, 6) is -3.96. The van der Waals surface area contributed by atoms with Gasteiger partial charge in [-0.1, -0.05) is 57.2 Å². The molecule has 11 rings (SSSR count). The maximum atomic E-state index is 13.7. The van der Waals surface area contributed by atoms with Gasteiger partial charge in [-0.15, -0.1) is 29.1 Å². The van der Waals surface area contributed by atoms with E-state index in [9.17, 15) is 87.5 Å². The number of nitriles is 2. The van der Waals surface area contributed by atoms with Gasteiger partial charge in [-0.05, 0) is 112 Å². The number of alkyl halides is 9. The molecule has 6 fully saturated rings. The summed E-state index contributed by atoms with van der Waals surface area (Å²) in [6.45, 7) is 6.41. The summed E-state index contributed by atoms with van der Waals surface area (Å²) in [7, 11) is -0.725. The minimum atomic E-state index is -4.79. The van der Waals surface area contributed by atoms with Crippen molar-refractivity contribution in [3.8, 4) is 34.4 Å². The number of likely N-dealkylation sites (tertiary alicyclic amines) is 2. The predicted molar refractivity (Wildman–Crippen MR) is 327 cm³/mol. The van der Waals surface area contributed by atoms with Crippen molar-refractivity contribution in [1.82, 2.24) is 40.0 Å². The number of aromatic nitrogens is 4. The second-order valence-electron chi connectivity index (χ2n) is 25.3. The quantitative estimate of drug-likeness (QED) is 0.0412. The molecule has 5 aromatic rings. The summed E-state index contributed by atoms with van der Waals surface area (Å²) < 4.78 is 155. The molecule has 0 unspecified atom stereocenters. The molecule has 6 aliphatic rings. The fourth-order valence-corrected chi connectivity index (χ4v) is 14.0. The van der Waals surface area contributed by atoms with Crippen molar-refractivity contribution in [2.45, 2.75) is 172 Å². The number of amides is 5. The van der Waals surface area contributed by atoms with E-state index >= 15 is 0 Å². The van der Waals surface area contributed by atoms with Crippen molar-refractivity contribution in [3.63, 3.8) is 0 Å². The molecular weight excluding hydrogens is 1340 g/mol. The number of hydrogen-bond acceptors (Lipinski definition) is 15. The molecule has 0 spiro atoms. The second-order valence-corrected chi connectivity index (χ2v) is 29.4. The Morgan fingerprint density at radius 3 is 1.53 bits per heavy atom. The number of carbonyl (C=O) groups is 5. The minimum absolute atomic E-state index is 0. The van der Waals surface area contributed by atoms with Gasteiger partial charge < -0.3 is 31.3 Å². The van der Waals surface area contributed by atoms with Crippen LogP contribution in [0.5, 0.6) is 0 Å². The summed E-state index contributed by atoms with van der Waals surface area (Å²) in [6, 6.07) is 18.8. The summed E-state index contributed by atoms with van der Waals surface area (Å²) in [5, 5.41) is 41.7. The Morgan fingerprint density at radius 2 is 1.14 bits per heavy atom. The molecule has 20 nitrogen and oxygen atoms in total. The topological polar surface area (TPSA) is 292 Å². The van der Waals surface area contributed by atoms with Gasteiger partial charge in [0.1, 0.15) is 34.0 Å². The average molecular weight is 1410 g/mol. The Labute approximate surface area is 579 Å². The molecule has 2 aliphatic heterocycles. The number of nitrogens with one attached hydrogen (secondary N) is 2. The Morgan fingerprint density at radius 1 is 0.688 bits per heavy atom. The number of nitrogens with zero attached hydrogens (tertiary/aromatic N) is 8. The van der Waals surface area contributed by atoms with Crippen LogP contribution in [-0.2, 0) is 58.5 Å². The van der Waals surface area contributed by atoms with E-state index < -0.39 is 129 Å². The van der Waals surface area contributed by atoms with Gasteiger partial charge in [0.15, 0.2) is 0 Å². The van der Waals surface area contributed by atoms with Crippen LogP contribution in [0, 0.1) is 40.4 Å². The van der Waals surface area contributed by atoms with Crippen molar-refractivity contribution in [1.29, 1.82) is 10.5 Å². The average Bonchev–Trinajstić information content (AvgIpc) is 1.56. The number of benzene rings is 3. The van der Waals surface area contributed by atoms with E-state index in [0.717, 1.165) is 49.2 Å². The molecule has 4 atom stereocenters. The number of aryl methyl sites for hydroxylation is 3. The minimum Gasteiger partial charge on any atom is -0.850 e. The maximum Gasteiger partial charge on any atom is 1.00 e. The third kappa shape index (κ3) is 18.8. The number of hydrogen-bond donors (Lipinski definition) is 3. The van der Waals surface area contributed by atoms with Crippen LogP contribution in [0.4, 0.5) is 39.5 Å². The van der Waals surface area contributed by atoms with Crippen LogP contribution >= 0.6 is 23.5 Å². The van der Waals surface area contributed by atoms with Gasteiger partial charge in [-0.2, -0.15) is 68.7 Å². The Kier molecular flexibility index (Phi) is 23.5. The van der Waals surface area contributed by atoms with Gasteiger partial charge in [-0.3, -0.25) is 37.5 Å². The van der Waals surface area contributed by atoms with E-state index in [2.05, 4.69) is 26.9 Å². The molecule has 0 bridgehead atoms. The van der Waals surface area contributed by atoms with Crippen LogP contribution in [-0.4, -0.2) is 139 Å². The number of primary amides is 1. The first kappa shape index (κ1) is 76.7. The Balaban J connectivity index is 0.000000200. The van der Waals surface area contributed by atoms with Crippen molar-refractivity contribution in [2.24, 2.45) is 30.7 Å². The fraction of sp³-hybridized carbons (Fsp3) is 0.508. The van der Waals surface area contributed by atoms with Crippen LogP contribution in [0.1, 0.15) is 103 Å². The van der Waals surface area contributed by atoms with E-state index in [4.69, 9.17) is 9.92 Å².